The monoisotopic (exact) mass is 267 g/mol. The molecule has 3 nitrogen and oxygen atoms in total. The normalized spacial score (nSPS) is 25.5. The van der Waals surface area contributed by atoms with Gasteiger partial charge in [-0.3, -0.25) is 4.90 Å². The van der Waals surface area contributed by atoms with Crippen LogP contribution in [0.25, 0.3) is 0 Å². The van der Waals surface area contributed by atoms with Crippen LogP contribution in [0, 0.1) is 6.92 Å². The number of halogens is 1. The number of nitrogen functional groups attached to an aromatic ring is 1. The first-order valence-corrected chi connectivity index (χ1v) is 6.80. The lowest BCUT2D eigenvalue weighted by Gasteiger charge is -2.44. The summed E-state index contributed by atoms with van der Waals surface area (Å²) in [6.45, 7) is 8.59. The van der Waals surface area contributed by atoms with Crippen molar-refractivity contribution in [3.05, 3.63) is 22.7 Å². The standard InChI is InChI=1S/C14H22ClN3/c1-9-5-12(16)6-13(15)14(9)18-7-10(2)17(4)11(3)8-18/h5-6,10-11H,7-8,16H2,1-4H3/t10-,11+. The van der Waals surface area contributed by atoms with Crippen molar-refractivity contribution in [1.29, 1.82) is 0 Å². The number of piperazine rings is 1. The minimum absolute atomic E-state index is 0.529. The van der Waals surface area contributed by atoms with Crippen molar-refractivity contribution in [2.75, 3.05) is 30.8 Å². The smallest absolute Gasteiger partial charge is 0.0662 e. The van der Waals surface area contributed by atoms with E-state index in [1.165, 1.54) is 0 Å². The summed E-state index contributed by atoms with van der Waals surface area (Å²) in [6, 6.07) is 4.90. The molecule has 1 aliphatic rings. The van der Waals surface area contributed by atoms with Crippen LogP contribution in [-0.4, -0.2) is 37.1 Å². The Morgan fingerprint density at radius 3 is 2.28 bits per heavy atom. The summed E-state index contributed by atoms with van der Waals surface area (Å²) < 4.78 is 0. The lowest BCUT2D eigenvalue weighted by atomic mass is 10.1. The second-order valence-corrected chi connectivity index (χ2v) is 5.84. The summed E-state index contributed by atoms with van der Waals surface area (Å²) in [6.07, 6.45) is 0. The molecule has 0 radical (unpaired) electrons. The van der Waals surface area contributed by atoms with E-state index in [0.717, 1.165) is 35.1 Å². The topological polar surface area (TPSA) is 32.5 Å². The minimum atomic E-state index is 0.529. The summed E-state index contributed by atoms with van der Waals surface area (Å²) in [5.74, 6) is 0. The van der Waals surface area contributed by atoms with E-state index < -0.39 is 0 Å². The van der Waals surface area contributed by atoms with Crippen molar-refractivity contribution in [2.45, 2.75) is 32.9 Å². The largest absolute Gasteiger partial charge is 0.399 e. The second-order valence-electron chi connectivity index (χ2n) is 5.44. The van der Waals surface area contributed by atoms with Gasteiger partial charge in [0.05, 0.1) is 10.7 Å². The molecular weight excluding hydrogens is 246 g/mol. The first-order valence-electron chi connectivity index (χ1n) is 6.42. The zero-order valence-electron chi connectivity index (χ0n) is 11.6. The third-order valence-corrected chi connectivity index (χ3v) is 4.24. The van der Waals surface area contributed by atoms with Crippen LogP contribution in [0.4, 0.5) is 11.4 Å². The van der Waals surface area contributed by atoms with Gasteiger partial charge in [0.15, 0.2) is 0 Å². The summed E-state index contributed by atoms with van der Waals surface area (Å²) in [7, 11) is 2.18. The molecule has 0 spiro atoms. The Hall–Kier alpha value is -0.930. The lowest BCUT2D eigenvalue weighted by molar-refractivity contribution is 0.170. The lowest BCUT2D eigenvalue weighted by Crippen LogP contribution is -2.55. The number of rotatable bonds is 1. The molecule has 0 aromatic heterocycles. The van der Waals surface area contributed by atoms with E-state index in [2.05, 4.69) is 37.6 Å². The number of nitrogens with zero attached hydrogens (tertiary/aromatic N) is 2. The Labute approximate surface area is 115 Å². The maximum Gasteiger partial charge on any atom is 0.0662 e. The predicted molar refractivity (Wildman–Crippen MR) is 79.5 cm³/mol. The van der Waals surface area contributed by atoms with Gasteiger partial charge in [0.2, 0.25) is 0 Å². The molecule has 2 atom stereocenters. The summed E-state index contributed by atoms with van der Waals surface area (Å²) in [5.41, 5.74) is 8.85. The number of aryl methyl sites for hydroxylation is 1. The summed E-state index contributed by atoms with van der Waals surface area (Å²) in [4.78, 5) is 4.80. The second kappa shape index (κ2) is 4.98. The maximum atomic E-state index is 6.36. The molecule has 0 aliphatic carbocycles. The highest BCUT2D eigenvalue weighted by atomic mass is 35.5. The molecule has 4 heteroatoms. The van der Waals surface area contributed by atoms with E-state index >= 15 is 0 Å². The first kappa shape index (κ1) is 13.5. The molecule has 100 valence electrons. The number of hydrogen-bond acceptors (Lipinski definition) is 3. The van der Waals surface area contributed by atoms with Crippen LogP contribution >= 0.6 is 11.6 Å². The van der Waals surface area contributed by atoms with Gasteiger partial charge in [0.25, 0.3) is 0 Å². The Kier molecular flexibility index (Phi) is 3.74. The Balaban J connectivity index is 2.32. The van der Waals surface area contributed by atoms with Gasteiger partial charge in [-0.1, -0.05) is 11.6 Å². The molecule has 0 amide bonds. The van der Waals surface area contributed by atoms with Crippen LogP contribution in [0.2, 0.25) is 5.02 Å². The fourth-order valence-electron chi connectivity index (χ4n) is 2.75. The van der Waals surface area contributed by atoms with Crippen molar-refractivity contribution in [1.82, 2.24) is 4.90 Å². The van der Waals surface area contributed by atoms with Crippen LogP contribution in [0.15, 0.2) is 12.1 Å². The zero-order chi connectivity index (χ0) is 13.4. The molecule has 0 saturated carbocycles. The van der Waals surface area contributed by atoms with Crippen molar-refractivity contribution in [2.24, 2.45) is 0 Å². The van der Waals surface area contributed by atoms with Crippen molar-refractivity contribution in [3.63, 3.8) is 0 Å². The van der Waals surface area contributed by atoms with Gasteiger partial charge in [0, 0.05) is 30.9 Å². The Morgan fingerprint density at radius 1 is 1.22 bits per heavy atom. The number of anilines is 2. The highest BCUT2D eigenvalue weighted by Gasteiger charge is 2.28. The molecule has 2 N–H and O–H groups in total. The number of likely N-dealkylation sites (N-methyl/N-ethyl adjacent to an activating group) is 1. The van der Waals surface area contributed by atoms with Gasteiger partial charge in [-0.05, 0) is 45.5 Å². The SMILES string of the molecule is Cc1cc(N)cc(Cl)c1N1C[C@@H](C)N(C)[C@@H](C)C1. The average Bonchev–Trinajstić information content (AvgIpc) is 2.24. The molecule has 0 bridgehead atoms. The molecule has 1 saturated heterocycles. The fourth-order valence-corrected chi connectivity index (χ4v) is 3.15. The molecule has 18 heavy (non-hydrogen) atoms. The minimum Gasteiger partial charge on any atom is -0.399 e. The quantitative estimate of drug-likeness (QED) is 0.794. The van der Waals surface area contributed by atoms with E-state index in [-0.39, 0.29) is 0 Å². The molecule has 2 rings (SSSR count). The van der Waals surface area contributed by atoms with Crippen LogP contribution in [0.1, 0.15) is 19.4 Å². The number of nitrogens with two attached hydrogens (primary N) is 1. The van der Waals surface area contributed by atoms with Crippen LogP contribution in [0.5, 0.6) is 0 Å². The van der Waals surface area contributed by atoms with E-state index in [9.17, 15) is 0 Å². The molecule has 1 aliphatic heterocycles. The van der Waals surface area contributed by atoms with Crippen LogP contribution in [0.3, 0.4) is 0 Å². The molecule has 0 unspecified atom stereocenters. The Morgan fingerprint density at radius 2 is 1.78 bits per heavy atom. The maximum absolute atomic E-state index is 6.36. The Bertz CT molecular complexity index is 412. The number of benzene rings is 1. The van der Waals surface area contributed by atoms with E-state index in [4.69, 9.17) is 17.3 Å². The third kappa shape index (κ3) is 2.43. The van der Waals surface area contributed by atoms with Crippen LogP contribution in [-0.2, 0) is 0 Å². The van der Waals surface area contributed by atoms with Gasteiger partial charge < -0.3 is 10.6 Å². The molecule has 1 heterocycles. The highest BCUT2D eigenvalue weighted by Crippen LogP contribution is 2.34. The van der Waals surface area contributed by atoms with E-state index in [1.807, 2.05) is 12.1 Å². The summed E-state index contributed by atoms with van der Waals surface area (Å²) >= 11 is 6.36. The van der Waals surface area contributed by atoms with Gasteiger partial charge in [-0.25, -0.2) is 0 Å². The molecule has 1 aromatic rings. The first-order chi connectivity index (χ1) is 8.40. The molecular formula is C14H22ClN3. The van der Waals surface area contributed by atoms with Crippen molar-refractivity contribution < 1.29 is 0 Å². The van der Waals surface area contributed by atoms with Gasteiger partial charge in [0.1, 0.15) is 0 Å². The summed E-state index contributed by atoms with van der Waals surface area (Å²) in [5, 5.41) is 0.761. The van der Waals surface area contributed by atoms with E-state index in [1.54, 1.807) is 0 Å². The van der Waals surface area contributed by atoms with Crippen molar-refractivity contribution >= 4 is 23.0 Å². The van der Waals surface area contributed by atoms with Gasteiger partial charge >= 0.3 is 0 Å². The number of hydrogen-bond donors (Lipinski definition) is 1. The average molecular weight is 268 g/mol. The highest BCUT2D eigenvalue weighted by molar-refractivity contribution is 6.33. The van der Waals surface area contributed by atoms with E-state index in [0.29, 0.717) is 12.1 Å². The fraction of sp³-hybridized carbons (Fsp3) is 0.571. The molecule has 1 aromatic carbocycles. The van der Waals surface area contributed by atoms with Gasteiger partial charge in [-0.15, -0.1) is 0 Å². The zero-order valence-corrected chi connectivity index (χ0v) is 12.3. The third-order valence-electron chi connectivity index (χ3n) is 3.95. The molecule has 1 fully saturated rings. The van der Waals surface area contributed by atoms with Gasteiger partial charge in [-0.2, -0.15) is 0 Å². The van der Waals surface area contributed by atoms with Crippen LogP contribution < -0.4 is 10.6 Å². The van der Waals surface area contributed by atoms with Crippen molar-refractivity contribution in [3.8, 4) is 0 Å². The predicted octanol–water partition coefficient (Wildman–Crippen LogP) is 2.76.